The molecule has 108 valence electrons. The Kier molecular flexibility index (Phi) is 4.93. The number of ether oxygens (including phenoxy) is 2. The molecule has 1 aromatic heterocycles. The fourth-order valence-electron chi connectivity index (χ4n) is 1.97. The third-order valence-electron chi connectivity index (χ3n) is 3.13. The maximum Gasteiger partial charge on any atom is 0.179 e. The van der Waals surface area contributed by atoms with E-state index in [1.807, 2.05) is 31.2 Å². The molecule has 1 N–H and O–H groups in total. The summed E-state index contributed by atoms with van der Waals surface area (Å²) in [5.41, 5.74) is 0.947. The molecule has 2 rings (SSSR count). The number of hydrogen-bond acceptors (Lipinski definition) is 4. The Balaban J connectivity index is 2.10. The summed E-state index contributed by atoms with van der Waals surface area (Å²) >= 11 is 6.33. The largest absolute Gasteiger partial charge is 0.493 e. The third-order valence-corrected chi connectivity index (χ3v) is 3.55. The van der Waals surface area contributed by atoms with Crippen molar-refractivity contribution >= 4 is 11.6 Å². The zero-order chi connectivity index (χ0) is 14.5. The van der Waals surface area contributed by atoms with E-state index in [0.717, 1.165) is 11.3 Å². The van der Waals surface area contributed by atoms with Crippen LogP contribution in [0, 0.1) is 0 Å². The summed E-state index contributed by atoms with van der Waals surface area (Å²) in [7, 11) is 3.16. The molecule has 0 amide bonds. The minimum Gasteiger partial charge on any atom is -0.493 e. The van der Waals surface area contributed by atoms with E-state index in [9.17, 15) is 0 Å². The summed E-state index contributed by atoms with van der Waals surface area (Å²) in [5.74, 6) is 2.07. The van der Waals surface area contributed by atoms with E-state index in [2.05, 4.69) is 5.32 Å². The summed E-state index contributed by atoms with van der Waals surface area (Å²) in [5, 5.41) is 3.92. The van der Waals surface area contributed by atoms with Crippen LogP contribution in [0.25, 0.3) is 0 Å². The lowest BCUT2D eigenvalue weighted by atomic mass is 10.1. The third kappa shape index (κ3) is 3.08. The Morgan fingerprint density at radius 1 is 1.25 bits per heavy atom. The van der Waals surface area contributed by atoms with Crippen molar-refractivity contribution in [2.24, 2.45) is 0 Å². The van der Waals surface area contributed by atoms with Crippen molar-refractivity contribution in [1.82, 2.24) is 5.32 Å². The molecule has 0 fully saturated rings. The van der Waals surface area contributed by atoms with E-state index in [1.165, 1.54) is 0 Å². The van der Waals surface area contributed by atoms with E-state index in [0.29, 0.717) is 23.1 Å². The first-order valence-corrected chi connectivity index (χ1v) is 6.71. The minimum atomic E-state index is 0.106. The SMILES string of the molecule is COc1ccc(CNC(C)c2ccco2)c(Cl)c1OC. The lowest BCUT2D eigenvalue weighted by Gasteiger charge is -2.15. The van der Waals surface area contributed by atoms with Gasteiger partial charge in [0.05, 0.1) is 31.5 Å². The number of halogens is 1. The van der Waals surface area contributed by atoms with Crippen molar-refractivity contribution in [2.45, 2.75) is 19.5 Å². The van der Waals surface area contributed by atoms with Gasteiger partial charge in [-0.2, -0.15) is 0 Å². The van der Waals surface area contributed by atoms with E-state index in [4.69, 9.17) is 25.5 Å². The maximum atomic E-state index is 6.33. The highest BCUT2D eigenvalue weighted by Crippen LogP contribution is 2.37. The number of methoxy groups -OCH3 is 2. The summed E-state index contributed by atoms with van der Waals surface area (Å²) in [6, 6.07) is 7.68. The smallest absolute Gasteiger partial charge is 0.179 e. The lowest BCUT2D eigenvalue weighted by molar-refractivity contribution is 0.354. The molecular weight excluding hydrogens is 278 g/mol. The van der Waals surface area contributed by atoms with Crippen LogP contribution in [-0.2, 0) is 6.54 Å². The first-order valence-electron chi connectivity index (χ1n) is 6.33. The summed E-state index contributed by atoms with van der Waals surface area (Å²) in [4.78, 5) is 0. The second-order valence-electron chi connectivity index (χ2n) is 4.39. The summed E-state index contributed by atoms with van der Waals surface area (Å²) < 4.78 is 15.9. The monoisotopic (exact) mass is 295 g/mol. The van der Waals surface area contributed by atoms with Gasteiger partial charge in [-0.1, -0.05) is 17.7 Å². The van der Waals surface area contributed by atoms with Gasteiger partial charge in [-0.25, -0.2) is 0 Å². The second kappa shape index (κ2) is 6.68. The summed E-state index contributed by atoms with van der Waals surface area (Å²) in [6.07, 6.45) is 1.66. The van der Waals surface area contributed by atoms with E-state index in [1.54, 1.807) is 20.5 Å². The predicted molar refractivity (Wildman–Crippen MR) is 78.5 cm³/mol. The molecular formula is C15H18ClNO3. The number of furan rings is 1. The molecule has 0 bridgehead atoms. The number of hydrogen-bond donors (Lipinski definition) is 1. The van der Waals surface area contributed by atoms with Crippen LogP contribution < -0.4 is 14.8 Å². The van der Waals surface area contributed by atoms with Gasteiger partial charge in [0.15, 0.2) is 11.5 Å². The predicted octanol–water partition coefficient (Wildman–Crippen LogP) is 3.80. The zero-order valence-corrected chi connectivity index (χ0v) is 12.5. The molecule has 0 aliphatic heterocycles. The molecule has 0 radical (unpaired) electrons. The van der Waals surface area contributed by atoms with Crippen molar-refractivity contribution in [3.8, 4) is 11.5 Å². The van der Waals surface area contributed by atoms with E-state index in [-0.39, 0.29) is 6.04 Å². The molecule has 0 saturated carbocycles. The van der Waals surface area contributed by atoms with Crippen molar-refractivity contribution in [3.63, 3.8) is 0 Å². The number of nitrogens with one attached hydrogen (secondary N) is 1. The van der Waals surface area contributed by atoms with Gasteiger partial charge >= 0.3 is 0 Å². The maximum absolute atomic E-state index is 6.33. The van der Waals surface area contributed by atoms with Crippen LogP contribution in [0.3, 0.4) is 0 Å². The van der Waals surface area contributed by atoms with Gasteiger partial charge in [-0.15, -0.1) is 0 Å². The molecule has 1 aromatic carbocycles. The van der Waals surface area contributed by atoms with E-state index >= 15 is 0 Å². The Labute approximate surface area is 123 Å². The lowest BCUT2D eigenvalue weighted by Crippen LogP contribution is -2.17. The fraction of sp³-hybridized carbons (Fsp3) is 0.333. The molecule has 2 aromatic rings. The Hall–Kier alpha value is -1.65. The summed E-state index contributed by atoms with van der Waals surface area (Å²) in [6.45, 7) is 2.65. The average molecular weight is 296 g/mol. The van der Waals surface area contributed by atoms with Gasteiger partial charge in [-0.3, -0.25) is 0 Å². The van der Waals surface area contributed by atoms with Crippen molar-refractivity contribution < 1.29 is 13.9 Å². The highest BCUT2D eigenvalue weighted by molar-refractivity contribution is 6.33. The first-order chi connectivity index (χ1) is 9.67. The highest BCUT2D eigenvalue weighted by Gasteiger charge is 2.14. The second-order valence-corrected chi connectivity index (χ2v) is 4.77. The molecule has 1 heterocycles. The standard InChI is InChI=1S/C15H18ClNO3/c1-10(12-5-4-8-20-12)17-9-11-6-7-13(18-2)15(19-3)14(11)16/h4-8,10,17H,9H2,1-3H3. The normalized spacial score (nSPS) is 12.2. The topological polar surface area (TPSA) is 43.6 Å². The van der Waals surface area contributed by atoms with Gasteiger partial charge in [0.1, 0.15) is 5.76 Å². The Morgan fingerprint density at radius 3 is 2.65 bits per heavy atom. The molecule has 1 atom stereocenters. The van der Waals surface area contributed by atoms with Gasteiger partial charge in [0.25, 0.3) is 0 Å². The zero-order valence-electron chi connectivity index (χ0n) is 11.8. The van der Waals surface area contributed by atoms with Crippen molar-refractivity contribution in [3.05, 3.63) is 46.9 Å². The Morgan fingerprint density at radius 2 is 2.05 bits per heavy atom. The molecule has 1 unspecified atom stereocenters. The molecule has 0 spiro atoms. The quantitative estimate of drug-likeness (QED) is 0.880. The first kappa shape index (κ1) is 14.8. The van der Waals surface area contributed by atoms with E-state index < -0.39 is 0 Å². The van der Waals surface area contributed by atoms with Crippen LogP contribution in [0.5, 0.6) is 11.5 Å². The van der Waals surface area contributed by atoms with Crippen molar-refractivity contribution in [1.29, 1.82) is 0 Å². The number of rotatable bonds is 6. The van der Waals surface area contributed by atoms with Crippen molar-refractivity contribution in [2.75, 3.05) is 14.2 Å². The molecule has 5 heteroatoms. The molecule has 0 saturated heterocycles. The molecule has 4 nitrogen and oxygen atoms in total. The van der Waals surface area contributed by atoms with Gasteiger partial charge in [0, 0.05) is 6.54 Å². The van der Waals surface area contributed by atoms with Gasteiger partial charge < -0.3 is 19.2 Å². The van der Waals surface area contributed by atoms with Crippen LogP contribution in [0.2, 0.25) is 5.02 Å². The average Bonchev–Trinajstić information content (AvgIpc) is 2.99. The van der Waals surface area contributed by atoms with Crippen LogP contribution >= 0.6 is 11.6 Å². The van der Waals surface area contributed by atoms with Crippen LogP contribution in [0.4, 0.5) is 0 Å². The fourth-order valence-corrected chi connectivity index (χ4v) is 2.27. The molecule has 0 aliphatic rings. The van der Waals surface area contributed by atoms with Crippen LogP contribution in [-0.4, -0.2) is 14.2 Å². The molecule has 0 aliphatic carbocycles. The molecule has 20 heavy (non-hydrogen) atoms. The minimum absolute atomic E-state index is 0.106. The van der Waals surface area contributed by atoms with Gasteiger partial charge in [0.2, 0.25) is 0 Å². The Bertz CT molecular complexity index is 554. The van der Waals surface area contributed by atoms with Gasteiger partial charge in [-0.05, 0) is 30.7 Å². The van der Waals surface area contributed by atoms with Crippen LogP contribution in [0.15, 0.2) is 34.9 Å². The van der Waals surface area contributed by atoms with Crippen LogP contribution in [0.1, 0.15) is 24.3 Å². The highest BCUT2D eigenvalue weighted by atomic mass is 35.5. The number of benzene rings is 1.